The number of carbonyl (C=O) groups excluding carboxylic acids is 1. The number of pyridine rings is 1. The van der Waals surface area contributed by atoms with Crippen LogP contribution < -0.4 is 20.3 Å². The minimum Gasteiger partial charge on any atom is -0.508 e. The van der Waals surface area contributed by atoms with E-state index in [9.17, 15) is 20.1 Å². The fourth-order valence-electron chi connectivity index (χ4n) is 12.5. The summed E-state index contributed by atoms with van der Waals surface area (Å²) in [6.07, 6.45) is 14.3. The van der Waals surface area contributed by atoms with Crippen LogP contribution in [0, 0.1) is 35.3 Å². The Kier molecular flexibility index (Phi) is 14.3. The Labute approximate surface area is 457 Å². The Morgan fingerprint density at radius 1 is 0.861 bits per heavy atom. The Morgan fingerprint density at radius 3 is 2.32 bits per heavy atom. The zero-order valence-corrected chi connectivity index (χ0v) is 44.7. The summed E-state index contributed by atoms with van der Waals surface area (Å²) < 4.78 is 40.4. The normalized spacial score (nSPS) is 19.8. The lowest BCUT2D eigenvalue weighted by Gasteiger charge is -2.39. The Balaban J connectivity index is 0.665. The Morgan fingerprint density at radius 2 is 1.61 bits per heavy atom. The van der Waals surface area contributed by atoms with Crippen LogP contribution in [-0.2, 0) is 13.0 Å². The molecule has 2 atom stereocenters. The van der Waals surface area contributed by atoms with Gasteiger partial charge in [-0.25, -0.2) is 8.78 Å². The van der Waals surface area contributed by atoms with Crippen LogP contribution in [-0.4, -0.2) is 156 Å². The monoisotopic (exact) mass is 1070 g/mol. The van der Waals surface area contributed by atoms with Gasteiger partial charge in [0, 0.05) is 112 Å². The predicted molar refractivity (Wildman–Crippen MR) is 298 cm³/mol. The molecule has 4 saturated heterocycles. The number of nitrogens with one attached hydrogen (secondary N) is 2. The Bertz CT molecular complexity index is 3480. The highest BCUT2D eigenvalue weighted by Gasteiger charge is 2.46. The summed E-state index contributed by atoms with van der Waals surface area (Å²) in [7, 11) is 0. The van der Waals surface area contributed by atoms with Gasteiger partial charge in [0.15, 0.2) is 11.6 Å². The summed E-state index contributed by atoms with van der Waals surface area (Å²) in [6.45, 7) is 14.8. The van der Waals surface area contributed by atoms with E-state index in [1.54, 1.807) is 16.8 Å². The van der Waals surface area contributed by atoms with Gasteiger partial charge in [-0.15, -0.1) is 16.6 Å². The number of ether oxygens (including phenoxy) is 1. The van der Waals surface area contributed by atoms with Gasteiger partial charge in [0.25, 0.3) is 5.91 Å². The van der Waals surface area contributed by atoms with E-state index in [0.717, 1.165) is 103 Å². The number of aromatic hydroxyl groups is 3. The maximum Gasteiger partial charge on any atom is 0.319 e. The van der Waals surface area contributed by atoms with E-state index in [1.165, 1.54) is 30.3 Å². The molecule has 4 aromatic carbocycles. The van der Waals surface area contributed by atoms with Gasteiger partial charge in [-0.3, -0.25) is 19.2 Å². The highest BCUT2D eigenvalue weighted by molar-refractivity contribution is 6.03. The van der Waals surface area contributed by atoms with Gasteiger partial charge >= 0.3 is 6.01 Å². The van der Waals surface area contributed by atoms with Gasteiger partial charge in [0.1, 0.15) is 40.1 Å². The smallest absolute Gasteiger partial charge is 0.319 e. The number of terminal acetylenes is 1. The lowest BCUT2D eigenvalue weighted by molar-refractivity contribution is 0.0745. The summed E-state index contributed by atoms with van der Waals surface area (Å²) in [6, 6.07) is 17.3. The molecule has 0 radical (unpaired) electrons. The number of aryl methyl sites for hydroxylation is 1. The second kappa shape index (κ2) is 21.6. The van der Waals surface area contributed by atoms with Crippen molar-refractivity contribution in [1.82, 2.24) is 55.0 Å². The summed E-state index contributed by atoms with van der Waals surface area (Å²) in [5, 5.41) is 48.2. The number of hydrogen-bond donors (Lipinski definition) is 5. The number of aromatic nitrogens is 6. The number of rotatable bonds is 16. The van der Waals surface area contributed by atoms with Crippen molar-refractivity contribution in [2.75, 3.05) is 83.5 Å². The quantitative estimate of drug-likeness (QED) is 0.0601. The molecule has 410 valence electrons. The van der Waals surface area contributed by atoms with Crippen molar-refractivity contribution in [2.45, 2.75) is 77.4 Å². The van der Waals surface area contributed by atoms with Crippen LogP contribution in [0.4, 0.5) is 14.6 Å². The molecule has 5 N–H and O–H groups in total. The maximum atomic E-state index is 17.2. The first-order valence-corrected chi connectivity index (χ1v) is 27.8. The van der Waals surface area contributed by atoms with E-state index in [2.05, 4.69) is 63.5 Å². The van der Waals surface area contributed by atoms with Crippen LogP contribution in [0.1, 0.15) is 79.7 Å². The lowest BCUT2D eigenvalue weighted by Crippen LogP contribution is -2.51. The van der Waals surface area contributed by atoms with Gasteiger partial charge in [-0.05, 0) is 124 Å². The number of likely N-dealkylation sites (tertiary alicyclic amines) is 1. The van der Waals surface area contributed by atoms with Gasteiger partial charge in [0.2, 0.25) is 5.82 Å². The van der Waals surface area contributed by atoms with E-state index in [1.807, 2.05) is 26.0 Å². The predicted octanol–water partition coefficient (Wildman–Crippen LogP) is 7.41. The molecule has 7 heterocycles. The largest absolute Gasteiger partial charge is 0.508 e. The first kappa shape index (κ1) is 52.2. The third-order valence-electron chi connectivity index (χ3n) is 16.9. The highest BCUT2D eigenvalue weighted by Crippen LogP contribution is 2.47. The number of phenols is 3. The molecule has 17 nitrogen and oxygen atoms in total. The average Bonchev–Trinajstić information content (AvgIpc) is 4.08. The molecule has 0 spiro atoms. The van der Waals surface area contributed by atoms with Crippen LogP contribution in [0.3, 0.4) is 0 Å². The minimum absolute atomic E-state index is 0.00238. The van der Waals surface area contributed by atoms with E-state index < -0.39 is 11.6 Å². The van der Waals surface area contributed by atoms with Crippen molar-refractivity contribution in [3.63, 3.8) is 0 Å². The average molecular weight is 1070 g/mol. The lowest BCUT2D eigenvalue weighted by atomic mass is 9.95. The molecule has 4 aliphatic heterocycles. The second-order valence-electron chi connectivity index (χ2n) is 22.4. The summed E-state index contributed by atoms with van der Waals surface area (Å²) in [5.41, 5.74) is 2.88. The summed E-state index contributed by atoms with van der Waals surface area (Å²) >= 11 is 0. The molecule has 5 fully saturated rings. The van der Waals surface area contributed by atoms with Crippen molar-refractivity contribution < 1.29 is 33.6 Å². The van der Waals surface area contributed by atoms with E-state index in [4.69, 9.17) is 21.1 Å². The number of piperidine rings is 1. The number of carbonyl (C=O) groups is 1. The van der Waals surface area contributed by atoms with Crippen molar-refractivity contribution in [3.8, 4) is 63.9 Å². The number of benzene rings is 4. The van der Waals surface area contributed by atoms with E-state index in [0.29, 0.717) is 89.9 Å². The first-order chi connectivity index (χ1) is 38.4. The molecule has 3 aromatic heterocycles. The van der Waals surface area contributed by atoms with Crippen molar-refractivity contribution in [3.05, 3.63) is 101 Å². The molecule has 7 aromatic rings. The van der Waals surface area contributed by atoms with Crippen molar-refractivity contribution in [1.29, 1.82) is 0 Å². The number of piperazine rings is 2. The molecule has 2 unspecified atom stereocenters. The fraction of sp³-hybridized carbons (Fsp3) is 0.433. The molecule has 1 saturated carbocycles. The number of amides is 1. The third kappa shape index (κ3) is 10.5. The summed E-state index contributed by atoms with van der Waals surface area (Å²) in [5.74, 6) is 2.01. The summed E-state index contributed by atoms with van der Waals surface area (Å²) in [4.78, 5) is 37.3. The van der Waals surface area contributed by atoms with Crippen LogP contribution in [0.2, 0.25) is 0 Å². The molecule has 5 aliphatic rings. The molecule has 1 aliphatic carbocycles. The Hall–Kier alpha value is -7.50. The van der Waals surface area contributed by atoms with Gasteiger partial charge in [-0.2, -0.15) is 9.97 Å². The zero-order valence-electron chi connectivity index (χ0n) is 44.7. The molecule has 1 amide bonds. The number of phenolic OH excluding ortho intramolecular Hbond substituents is 3. The molecule has 12 rings (SSSR count). The number of hydrogen-bond acceptors (Lipinski definition) is 15. The topological polar surface area (TPSA) is 193 Å². The van der Waals surface area contributed by atoms with Crippen molar-refractivity contribution in [2.24, 2.45) is 11.3 Å². The number of fused-ring (bicyclic) bond motifs is 4. The fourth-order valence-corrected chi connectivity index (χ4v) is 12.5. The minimum atomic E-state index is -0.729. The number of nitrogens with zero attached hydrogens (tertiary/aromatic N) is 10. The van der Waals surface area contributed by atoms with Gasteiger partial charge in [0.05, 0.1) is 23.1 Å². The molecular formula is C60H66F2N12O5. The molecular weight excluding hydrogens is 1010 g/mol. The van der Waals surface area contributed by atoms with Crippen LogP contribution in [0.5, 0.6) is 23.3 Å². The molecule has 19 heteroatoms. The second-order valence-corrected chi connectivity index (χ2v) is 22.4. The van der Waals surface area contributed by atoms with Gasteiger partial charge < -0.3 is 45.4 Å². The number of anilines is 1. The van der Waals surface area contributed by atoms with Crippen molar-refractivity contribution >= 4 is 33.4 Å². The molecule has 79 heavy (non-hydrogen) atoms. The standard InChI is InChI=1S/C60H66F2N12O5/c1-4-38-26-45(50(77)28-49(38)76)56-68-69-57(58(78)63-6-3)74(56)42-12-7-36(8-13-42)30-70-19-15-37(16-20-70)31-71-21-23-72(24-22-71)34-60(17-18-60)35-79-59-66-54-47(55(67-59)73-32-40-10-11-41(33-73)65-40)29-64-53(52(54)62)46-27-43(75)25-39-9-14-48(61)44(5-2)51(39)46/h2,7-9,12-14,25-29,37,40-41,65,75-77H,4,6,10-11,15-24,30-35H2,1,3H3,(H,63,78). The first-order valence-electron chi connectivity index (χ1n) is 27.8. The van der Waals surface area contributed by atoms with Crippen LogP contribution in [0.25, 0.3) is 50.0 Å². The SMILES string of the molecule is C#Cc1c(F)ccc2cc(O)cc(-c3ncc4c(N5CC6CCC(C5)N6)nc(OCC5(CN6CCN(CC7CCN(Cc8ccc(-n9c(C(=O)NCC)nnc9-c9cc(CC)c(O)cc9O)cc8)CC7)CC6)CC5)nc4c3F)c12. The maximum absolute atomic E-state index is 17.2. The molecule has 2 bridgehead atoms. The van der Waals surface area contributed by atoms with Gasteiger partial charge in [-0.1, -0.05) is 31.0 Å². The zero-order chi connectivity index (χ0) is 54.5. The van der Waals surface area contributed by atoms with Crippen LogP contribution in [0.15, 0.2) is 66.9 Å². The van der Waals surface area contributed by atoms with E-state index >= 15 is 8.78 Å². The highest BCUT2D eigenvalue weighted by atomic mass is 19.1. The number of halogens is 2. The third-order valence-corrected chi connectivity index (χ3v) is 16.9. The van der Waals surface area contributed by atoms with Crippen LogP contribution >= 0.6 is 0 Å². The van der Waals surface area contributed by atoms with E-state index in [-0.39, 0.29) is 68.1 Å².